The zero-order valence-electron chi connectivity index (χ0n) is 17.1. The number of nitrogens with one attached hydrogen (secondary N) is 1. The maximum Gasteiger partial charge on any atom is 0.374 e. The number of hydrogen-bond acceptors (Lipinski definition) is 5. The van der Waals surface area contributed by atoms with Gasteiger partial charge in [-0.1, -0.05) is 26.2 Å². The molecule has 28 heavy (non-hydrogen) atoms. The highest BCUT2D eigenvalue weighted by Crippen LogP contribution is 2.34. The van der Waals surface area contributed by atoms with Gasteiger partial charge < -0.3 is 15.0 Å². The summed E-state index contributed by atoms with van der Waals surface area (Å²) in [6, 6.07) is 0.257. The van der Waals surface area contributed by atoms with Crippen molar-refractivity contribution in [2.45, 2.75) is 78.3 Å². The first-order chi connectivity index (χ1) is 13.4. The van der Waals surface area contributed by atoms with Crippen LogP contribution in [0.25, 0.3) is 11.2 Å². The fourth-order valence-corrected chi connectivity index (χ4v) is 4.61. The van der Waals surface area contributed by atoms with E-state index in [1.165, 1.54) is 44.9 Å². The van der Waals surface area contributed by atoms with Crippen LogP contribution in [0.5, 0.6) is 0 Å². The molecule has 2 heterocycles. The predicted molar refractivity (Wildman–Crippen MR) is 109 cm³/mol. The molecular formula is C21H31N5O2. The van der Waals surface area contributed by atoms with E-state index in [0.717, 1.165) is 23.8 Å². The zero-order chi connectivity index (χ0) is 19.8. The number of imidazole rings is 1. The second kappa shape index (κ2) is 7.68. The van der Waals surface area contributed by atoms with E-state index in [-0.39, 0.29) is 11.9 Å². The van der Waals surface area contributed by atoms with E-state index in [9.17, 15) is 9.90 Å². The minimum Gasteiger partial charge on any atom is -0.475 e. The molecule has 2 N–H and O–H groups in total. The number of hydrogen-bond donors (Lipinski definition) is 2. The quantitative estimate of drug-likeness (QED) is 0.772. The lowest BCUT2D eigenvalue weighted by molar-refractivity contribution is 0.0684. The van der Waals surface area contributed by atoms with Gasteiger partial charge >= 0.3 is 5.97 Å². The molecule has 2 aromatic rings. The average Bonchev–Trinajstić information content (AvgIpc) is 2.91. The first kappa shape index (κ1) is 19.2. The summed E-state index contributed by atoms with van der Waals surface area (Å²) in [5.41, 5.74) is 1.34. The molecule has 4 rings (SSSR count). The number of rotatable bonds is 6. The van der Waals surface area contributed by atoms with Crippen molar-refractivity contribution in [3.8, 4) is 0 Å². The van der Waals surface area contributed by atoms with Gasteiger partial charge in [0.25, 0.3) is 0 Å². The van der Waals surface area contributed by atoms with Crippen LogP contribution >= 0.6 is 0 Å². The highest BCUT2D eigenvalue weighted by molar-refractivity contribution is 5.90. The Morgan fingerprint density at radius 2 is 1.89 bits per heavy atom. The number of carboxylic acid groups (broad SMARTS) is 1. The Labute approximate surface area is 166 Å². The molecular weight excluding hydrogens is 354 g/mol. The van der Waals surface area contributed by atoms with Crippen molar-refractivity contribution in [3.63, 3.8) is 0 Å². The van der Waals surface area contributed by atoms with E-state index < -0.39 is 5.97 Å². The van der Waals surface area contributed by atoms with Crippen molar-refractivity contribution < 1.29 is 9.90 Å². The van der Waals surface area contributed by atoms with Gasteiger partial charge in [-0.3, -0.25) is 0 Å². The van der Waals surface area contributed by atoms with Crippen molar-refractivity contribution in [1.29, 1.82) is 0 Å². The molecule has 2 fully saturated rings. The topological polar surface area (TPSA) is 92.9 Å². The fourth-order valence-electron chi connectivity index (χ4n) is 4.61. The minimum absolute atomic E-state index is 0.188. The summed E-state index contributed by atoms with van der Waals surface area (Å²) in [6.07, 6.45) is 8.72. The smallest absolute Gasteiger partial charge is 0.374 e. The summed E-state index contributed by atoms with van der Waals surface area (Å²) in [5, 5.41) is 12.9. The Hall–Kier alpha value is -2.18. The van der Waals surface area contributed by atoms with E-state index >= 15 is 0 Å². The predicted octanol–water partition coefficient (Wildman–Crippen LogP) is 4.26. The lowest BCUT2D eigenvalue weighted by Crippen LogP contribution is -2.31. The zero-order valence-corrected chi connectivity index (χ0v) is 17.1. The van der Waals surface area contributed by atoms with E-state index in [2.05, 4.69) is 38.7 Å². The lowest BCUT2D eigenvalue weighted by atomic mass is 9.80. The number of fused-ring (bicyclic) bond motifs is 1. The van der Waals surface area contributed by atoms with Crippen molar-refractivity contribution >= 4 is 23.0 Å². The van der Waals surface area contributed by atoms with Gasteiger partial charge in [0.2, 0.25) is 5.82 Å². The maximum absolute atomic E-state index is 11.5. The van der Waals surface area contributed by atoms with Gasteiger partial charge in [0, 0.05) is 12.6 Å². The van der Waals surface area contributed by atoms with E-state index in [1.807, 2.05) is 6.92 Å². The Kier molecular flexibility index (Phi) is 5.25. The third kappa shape index (κ3) is 3.71. The molecule has 2 saturated carbocycles. The largest absolute Gasteiger partial charge is 0.475 e. The molecule has 0 saturated heterocycles. The van der Waals surface area contributed by atoms with Gasteiger partial charge in [0.15, 0.2) is 11.5 Å². The summed E-state index contributed by atoms with van der Waals surface area (Å²) < 4.78 is 2.21. The standard InChI is InChI=1S/C21H31N5O2/c1-12-7-9-15(10-8-12)11-26-14(3)23-19-17(26)18(24-20(25-19)21(27)28)22-13(2)16-5-4-6-16/h12-13,15-16H,4-11H2,1-3H3,(H,27,28)(H,22,24,25)/t12-,13-,15-/m1/s1. The molecule has 0 bridgehead atoms. The van der Waals surface area contributed by atoms with Crippen LogP contribution in [0.1, 0.15) is 75.2 Å². The van der Waals surface area contributed by atoms with Gasteiger partial charge in [0.05, 0.1) is 0 Å². The molecule has 1 atom stereocenters. The fraction of sp³-hybridized carbons (Fsp3) is 0.714. The van der Waals surface area contributed by atoms with E-state index in [4.69, 9.17) is 0 Å². The van der Waals surface area contributed by atoms with Gasteiger partial charge in [0.1, 0.15) is 11.3 Å². The summed E-state index contributed by atoms with van der Waals surface area (Å²) >= 11 is 0. The highest BCUT2D eigenvalue weighted by atomic mass is 16.4. The molecule has 2 aromatic heterocycles. The molecule has 0 radical (unpaired) electrons. The van der Waals surface area contributed by atoms with E-state index in [0.29, 0.717) is 23.3 Å². The monoisotopic (exact) mass is 385 g/mol. The number of nitrogens with zero attached hydrogens (tertiary/aromatic N) is 4. The van der Waals surface area contributed by atoms with Crippen molar-refractivity contribution in [3.05, 3.63) is 11.6 Å². The number of aromatic carboxylic acids is 1. The number of carboxylic acids is 1. The lowest BCUT2D eigenvalue weighted by Gasteiger charge is -2.32. The molecule has 2 aliphatic rings. The Morgan fingerprint density at radius 3 is 2.50 bits per heavy atom. The average molecular weight is 386 g/mol. The summed E-state index contributed by atoms with van der Waals surface area (Å²) in [7, 11) is 0. The van der Waals surface area contributed by atoms with Gasteiger partial charge in [-0.15, -0.1) is 0 Å². The second-order valence-corrected chi connectivity index (χ2v) is 8.89. The number of aryl methyl sites for hydroxylation is 1. The van der Waals surface area contributed by atoms with E-state index in [1.54, 1.807) is 0 Å². The van der Waals surface area contributed by atoms with Crippen molar-refractivity contribution in [1.82, 2.24) is 19.5 Å². The van der Waals surface area contributed by atoms with Crippen LogP contribution < -0.4 is 5.32 Å². The SMILES string of the molecule is Cc1nc2nc(C(=O)O)nc(N[C@H](C)C3CCC3)c2n1C[C@H]1CC[C@H](C)CC1. The normalized spacial score (nSPS) is 24.1. The van der Waals surface area contributed by atoms with Crippen LogP contribution in [-0.2, 0) is 6.54 Å². The van der Waals surface area contributed by atoms with Crippen molar-refractivity contribution in [2.24, 2.45) is 17.8 Å². The van der Waals surface area contributed by atoms with Crippen LogP contribution in [-0.4, -0.2) is 36.6 Å². The Morgan fingerprint density at radius 1 is 1.18 bits per heavy atom. The van der Waals surface area contributed by atoms with Crippen molar-refractivity contribution in [2.75, 3.05) is 5.32 Å². The van der Waals surface area contributed by atoms with Crippen LogP contribution in [0, 0.1) is 24.7 Å². The van der Waals surface area contributed by atoms with Crippen LogP contribution in [0.4, 0.5) is 5.82 Å². The van der Waals surface area contributed by atoms with Crippen LogP contribution in [0.3, 0.4) is 0 Å². The molecule has 7 nitrogen and oxygen atoms in total. The molecule has 152 valence electrons. The summed E-state index contributed by atoms with van der Waals surface area (Å²) in [5.74, 6) is 2.26. The molecule has 0 unspecified atom stereocenters. The minimum atomic E-state index is -1.12. The molecule has 0 spiro atoms. The first-order valence-corrected chi connectivity index (χ1v) is 10.7. The Bertz CT molecular complexity index is 865. The molecule has 0 aliphatic heterocycles. The number of aromatic nitrogens is 4. The van der Waals surface area contributed by atoms with Gasteiger partial charge in [-0.05, 0) is 57.3 Å². The number of carbonyl (C=O) groups is 1. The van der Waals surface area contributed by atoms with Gasteiger partial charge in [-0.2, -0.15) is 0 Å². The van der Waals surface area contributed by atoms with Crippen LogP contribution in [0.2, 0.25) is 0 Å². The van der Waals surface area contributed by atoms with Crippen LogP contribution in [0.15, 0.2) is 0 Å². The third-order valence-corrected chi connectivity index (χ3v) is 6.78. The Balaban J connectivity index is 1.70. The van der Waals surface area contributed by atoms with Gasteiger partial charge in [-0.25, -0.2) is 19.7 Å². The molecule has 2 aliphatic carbocycles. The third-order valence-electron chi connectivity index (χ3n) is 6.78. The molecule has 0 amide bonds. The first-order valence-electron chi connectivity index (χ1n) is 10.7. The summed E-state index contributed by atoms with van der Waals surface area (Å²) in [6.45, 7) is 7.37. The molecule has 7 heteroatoms. The second-order valence-electron chi connectivity index (χ2n) is 8.89. The molecule has 0 aromatic carbocycles. The maximum atomic E-state index is 11.5. The number of anilines is 1. The highest BCUT2D eigenvalue weighted by Gasteiger charge is 2.27. The summed E-state index contributed by atoms with van der Waals surface area (Å²) in [4.78, 5) is 24.7.